The predicted molar refractivity (Wildman–Crippen MR) is 72.9 cm³/mol. The second kappa shape index (κ2) is 6.38. The summed E-state index contributed by atoms with van der Waals surface area (Å²) >= 11 is 0. The zero-order valence-electron chi connectivity index (χ0n) is 11.2. The van der Waals surface area contributed by atoms with Crippen molar-refractivity contribution in [3.05, 3.63) is 24.0 Å². The predicted octanol–water partition coefficient (Wildman–Crippen LogP) is 0.819. The minimum absolute atomic E-state index is 0.223. The number of nitrogens with two attached hydrogens (primary N) is 1. The van der Waals surface area contributed by atoms with Crippen molar-refractivity contribution >= 4 is 11.8 Å². The van der Waals surface area contributed by atoms with E-state index in [2.05, 4.69) is 9.88 Å². The molecule has 1 fully saturated rings. The van der Waals surface area contributed by atoms with Crippen molar-refractivity contribution in [3.8, 4) is 0 Å². The minimum Gasteiger partial charge on any atom is -0.450 e. The quantitative estimate of drug-likeness (QED) is 0.875. The maximum absolute atomic E-state index is 11.6. The van der Waals surface area contributed by atoms with Crippen LogP contribution in [-0.4, -0.2) is 48.8 Å². The van der Waals surface area contributed by atoms with Crippen LogP contribution in [0.1, 0.15) is 12.6 Å². The lowest BCUT2D eigenvalue weighted by atomic mass is 10.2. The zero-order valence-corrected chi connectivity index (χ0v) is 11.2. The van der Waals surface area contributed by atoms with Gasteiger partial charge in [0.15, 0.2) is 0 Å². The highest BCUT2D eigenvalue weighted by Gasteiger charge is 2.22. The lowest BCUT2D eigenvalue weighted by molar-refractivity contribution is 0.105. The lowest BCUT2D eigenvalue weighted by Crippen LogP contribution is -2.49. The van der Waals surface area contributed by atoms with E-state index < -0.39 is 0 Å². The maximum atomic E-state index is 11.6. The first-order valence-corrected chi connectivity index (χ1v) is 6.56. The summed E-state index contributed by atoms with van der Waals surface area (Å²) in [6, 6.07) is 3.97. The molecule has 1 aromatic heterocycles. The SMILES string of the molecule is CCOC(=O)N1CCN(c2ccnc(CN)c2)CC1. The van der Waals surface area contributed by atoms with Crippen LogP contribution in [0.4, 0.5) is 10.5 Å². The van der Waals surface area contributed by atoms with Crippen LogP contribution in [0.3, 0.4) is 0 Å². The van der Waals surface area contributed by atoms with Gasteiger partial charge in [0, 0.05) is 44.6 Å². The van der Waals surface area contributed by atoms with Gasteiger partial charge in [-0.1, -0.05) is 0 Å². The van der Waals surface area contributed by atoms with E-state index in [1.165, 1.54) is 0 Å². The van der Waals surface area contributed by atoms with Crippen LogP contribution in [-0.2, 0) is 11.3 Å². The molecule has 0 atom stereocenters. The summed E-state index contributed by atoms with van der Waals surface area (Å²) in [5, 5.41) is 0. The van der Waals surface area contributed by atoms with Gasteiger partial charge in [-0.25, -0.2) is 4.79 Å². The van der Waals surface area contributed by atoms with Gasteiger partial charge < -0.3 is 20.3 Å². The molecule has 104 valence electrons. The summed E-state index contributed by atoms with van der Waals surface area (Å²) in [7, 11) is 0. The fourth-order valence-electron chi connectivity index (χ4n) is 2.14. The molecule has 1 saturated heterocycles. The molecule has 0 spiro atoms. The van der Waals surface area contributed by atoms with Crippen molar-refractivity contribution in [1.82, 2.24) is 9.88 Å². The van der Waals surface area contributed by atoms with E-state index in [-0.39, 0.29) is 6.09 Å². The molecule has 19 heavy (non-hydrogen) atoms. The Balaban J connectivity index is 1.94. The molecule has 0 saturated carbocycles. The average Bonchev–Trinajstić information content (AvgIpc) is 2.48. The van der Waals surface area contributed by atoms with Crippen LogP contribution in [0.25, 0.3) is 0 Å². The molecule has 0 aromatic carbocycles. The number of carbonyl (C=O) groups excluding carboxylic acids is 1. The van der Waals surface area contributed by atoms with Crippen LogP contribution in [0.15, 0.2) is 18.3 Å². The molecular weight excluding hydrogens is 244 g/mol. The van der Waals surface area contributed by atoms with Gasteiger partial charge in [-0.3, -0.25) is 4.98 Å². The molecular formula is C13H20N4O2. The fraction of sp³-hybridized carbons (Fsp3) is 0.538. The van der Waals surface area contributed by atoms with Gasteiger partial charge in [-0.2, -0.15) is 0 Å². The Morgan fingerprint density at radius 3 is 2.79 bits per heavy atom. The highest BCUT2D eigenvalue weighted by Crippen LogP contribution is 2.17. The largest absolute Gasteiger partial charge is 0.450 e. The summed E-state index contributed by atoms with van der Waals surface area (Å²) in [5.74, 6) is 0. The molecule has 1 aliphatic heterocycles. The second-order valence-corrected chi connectivity index (χ2v) is 4.38. The van der Waals surface area contributed by atoms with Crippen molar-refractivity contribution in [1.29, 1.82) is 0 Å². The summed E-state index contributed by atoms with van der Waals surface area (Å²) < 4.78 is 5.00. The molecule has 1 aromatic rings. The van der Waals surface area contributed by atoms with Gasteiger partial charge in [0.25, 0.3) is 0 Å². The topological polar surface area (TPSA) is 71.7 Å². The Hall–Kier alpha value is -1.82. The molecule has 1 amide bonds. The molecule has 2 N–H and O–H groups in total. The Labute approximate surface area is 113 Å². The third-order valence-corrected chi connectivity index (χ3v) is 3.18. The smallest absolute Gasteiger partial charge is 0.409 e. The first-order valence-electron chi connectivity index (χ1n) is 6.56. The molecule has 0 aliphatic carbocycles. The van der Waals surface area contributed by atoms with Crippen molar-refractivity contribution in [2.75, 3.05) is 37.7 Å². The Morgan fingerprint density at radius 2 is 2.16 bits per heavy atom. The van der Waals surface area contributed by atoms with Gasteiger partial charge in [0.1, 0.15) is 0 Å². The fourth-order valence-corrected chi connectivity index (χ4v) is 2.14. The van der Waals surface area contributed by atoms with Crippen molar-refractivity contribution < 1.29 is 9.53 Å². The van der Waals surface area contributed by atoms with Gasteiger partial charge in [-0.15, -0.1) is 0 Å². The molecule has 2 heterocycles. The van der Waals surface area contributed by atoms with E-state index in [1.807, 2.05) is 19.1 Å². The van der Waals surface area contributed by atoms with E-state index >= 15 is 0 Å². The van der Waals surface area contributed by atoms with Gasteiger partial charge in [0.2, 0.25) is 0 Å². The number of anilines is 1. The number of piperazine rings is 1. The molecule has 1 aliphatic rings. The first-order chi connectivity index (χ1) is 9.24. The molecule has 6 heteroatoms. The third-order valence-electron chi connectivity index (χ3n) is 3.18. The molecule has 0 radical (unpaired) electrons. The summed E-state index contributed by atoms with van der Waals surface area (Å²) in [6.07, 6.45) is 1.55. The lowest BCUT2D eigenvalue weighted by Gasteiger charge is -2.35. The summed E-state index contributed by atoms with van der Waals surface area (Å²) in [5.41, 5.74) is 7.58. The normalized spacial score (nSPS) is 15.5. The van der Waals surface area contributed by atoms with Crippen LogP contribution >= 0.6 is 0 Å². The van der Waals surface area contributed by atoms with E-state index in [0.29, 0.717) is 26.2 Å². The number of ether oxygens (including phenoxy) is 1. The zero-order chi connectivity index (χ0) is 13.7. The highest BCUT2D eigenvalue weighted by molar-refractivity contribution is 5.68. The number of carbonyl (C=O) groups is 1. The van der Waals surface area contributed by atoms with Crippen LogP contribution in [0.2, 0.25) is 0 Å². The third kappa shape index (κ3) is 3.35. The maximum Gasteiger partial charge on any atom is 0.409 e. The number of pyridine rings is 1. The van der Waals surface area contributed by atoms with Crippen molar-refractivity contribution in [3.63, 3.8) is 0 Å². The first kappa shape index (κ1) is 13.6. The van der Waals surface area contributed by atoms with E-state index in [0.717, 1.165) is 24.5 Å². The van der Waals surface area contributed by atoms with E-state index in [9.17, 15) is 4.79 Å². The number of hydrogen-bond acceptors (Lipinski definition) is 5. The van der Waals surface area contributed by atoms with Crippen LogP contribution in [0.5, 0.6) is 0 Å². The highest BCUT2D eigenvalue weighted by atomic mass is 16.6. The number of nitrogens with zero attached hydrogens (tertiary/aromatic N) is 3. The monoisotopic (exact) mass is 264 g/mol. The Morgan fingerprint density at radius 1 is 1.42 bits per heavy atom. The summed E-state index contributed by atoms with van der Waals surface area (Å²) in [4.78, 5) is 19.8. The molecule has 6 nitrogen and oxygen atoms in total. The number of rotatable bonds is 3. The molecule has 0 unspecified atom stereocenters. The van der Waals surface area contributed by atoms with Gasteiger partial charge in [0.05, 0.1) is 12.3 Å². The average molecular weight is 264 g/mol. The minimum atomic E-state index is -0.223. The van der Waals surface area contributed by atoms with E-state index in [1.54, 1.807) is 11.1 Å². The van der Waals surface area contributed by atoms with Crippen molar-refractivity contribution in [2.45, 2.75) is 13.5 Å². The van der Waals surface area contributed by atoms with Gasteiger partial charge in [-0.05, 0) is 19.1 Å². The Kier molecular flexibility index (Phi) is 4.57. The number of amides is 1. The van der Waals surface area contributed by atoms with Crippen LogP contribution in [0, 0.1) is 0 Å². The van der Waals surface area contributed by atoms with Crippen LogP contribution < -0.4 is 10.6 Å². The summed E-state index contributed by atoms with van der Waals surface area (Å²) in [6.45, 7) is 5.64. The standard InChI is InChI=1S/C13H20N4O2/c1-2-19-13(18)17-7-5-16(6-8-17)12-3-4-15-11(9-12)10-14/h3-4,9H,2,5-8,10,14H2,1H3. The second-order valence-electron chi connectivity index (χ2n) is 4.38. The van der Waals surface area contributed by atoms with Gasteiger partial charge >= 0.3 is 6.09 Å². The van der Waals surface area contributed by atoms with Crippen molar-refractivity contribution in [2.24, 2.45) is 5.73 Å². The number of aromatic nitrogens is 1. The number of hydrogen-bond donors (Lipinski definition) is 1. The van der Waals surface area contributed by atoms with E-state index in [4.69, 9.17) is 10.5 Å². The Bertz CT molecular complexity index is 430. The molecule has 0 bridgehead atoms. The molecule has 2 rings (SSSR count).